The Balaban J connectivity index is 1.54. The summed E-state index contributed by atoms with van der Waals surface area (Å²) >= 11 is 0. The molecule has 3 saturated carbocycles. The molecule has 3 fully saturated rings. The van der Waals surface area contributed by atoms with Gasteiger partial charge < -0.3 is 0 Å². The molecule has 0 radical (unpaired) electrons. The molecule has 0 N–H and O–H groups in total. The molecule has 0 aromatic carbocycles. The summed E-state index contributed by atoms with van der Waals surface area (Å²) in [7, 11) is 0. The molecule has 0 bridgehead atoms. The average molecular weight is 399 g/mol. The molecule has 0 saturated heterocycles. The monoisotopic (exact) mass is 398 g/mol. The Kier molecular flexibility index (Phi) is 5.84. The molecule has 0 aliphatic heterocycles. The summed E-state index contributed by atoms with van der Waals surface area (Å²) in [6, 6.07) is 0. The van der Waals surface area contributed by atoms with Gasteiger partial charge in [-0.3, -0.25) is 4.79 Å². The summed E-state index contributed by atoms with van der Waals surface area (Å²) in [6.45, 7) is 15.0. The van der Waals surface area contributed by atoms with Crippen LogP contribution in [-0.2, 0) is 4.79 Å². The molecule has 1 unspecified atom stereocenters. The highest BCUT2D eigenvalue weighted by molar-refractivity contribution is 5.82. The van der Waals surface area contributed by atoms with E-state index in [9.17, 15) is 4.79 Å². The van der Waals surface area contributed by atoms with Crippen LogP contribution in [0.1, 0.15) is 106 Å². The predicted octanol–water partition coefficient (Wildman–Crippen LogP) is 7.84. The Morgan fingerprint density at radius 2 is 1.79 bits per heavy atom. The molecule has 4 aliphatic carbocycles. The van der Waals surface area contributed by atoms with Crippen LogP contribution in [0.5, 0.6) is 0 Å². The number of rotatable bonds is 5. The second kappa shape index (κ2) is 7.83. The lowest BCUT2D eigenvalue weighted by atomic mass is 9.45. The molecule has 1 nitrogen and oxygen atoms in total. The first-order chi connectivity index (χ1) is 13.7. The fourth-order valence-electron chi connectivity index (χ4n) is 8.86. The van der Waals surface area contributed by atoms with Gasteiger partial charge in [-0.2, -0.15) is 0 Å². The molecule has 8 atom stereocenters. The molecule has 0 aromatic rings. The van der Waals surface area contributed by atoms with E-state index >= 15 is 0 Å². The summed E-state index contributed by atoms with van der Waals surface area (Å²) in [5.41, 5.74) is 2.38. The van der Waals surface area contributed by atoms with Gasteiger partial charge in [0.05, 0.1) is 0 Å². The van der Waals surface area contributed by atoms with Crippen molar-refractivity contribution in [1.29, 1.82) is 0 Å². The zero-order valence-electron chi connectivity index (χ0n) is 20.1. The molecular weight excluding hydrogens is 352 g/mol. The molecule has 4 aliphatic rings. The van der Waals surface area contributed by atoms with Crippen molar-refractivity contribution < 1.29 is 4.79 Å². The Bertz CT molecular complexity index is 659. The highest BCUT2D eigenvalue weighted by atomic mass is 16.1. The van der Waals surface area contributed by atoms with Crippen LogP contribution >= 0.6 is 0 Å². The van der Waals surface area contributed by atoms with Crippen molar-refractivity contribution in [1.82, 2.24) is 0 Å². The van der Waals surface area contributed by atoms with Crippen LogP contribution in [0.3, 0.4) is 0 Å². The average Bonchev–Trinajstić information content (AvgIpc) is 3.00. The van der Waals surface area contributed by atoms with Crippen molar-refractivity contribution in [2.75, 3.05) is 0 Å². The Hall–Kier alpha value is -0.590. The Morgan fingerprint density at radius 3 is 2.52 bits per heavy atom. The largest absolute Gasteiger partial charge is 0.299 e. The molecular formula is C28H46O. The number of ketones is 1. The Labute approximate surface area is 180 Å². The van der Waals surface area contributed by atoms with Crippen molar-refractivity contribution in [2.24, 2.45) is 52.3 Å². The van der Waals surface area contributed by atoms with Crippen molar-refractivity contribution >= 4 is 5.78 Å². The van der Waals surface area contributed by atoms with Gasteiger partial charge in [-0.05, 0) is 84.4 Å². The van der Waals surface area contributed by atoms with E-state index in [2.05, 4.69) is 47.6 Å². The maximum Gasteiger partial charge on any atom is 0.136 e. The minimum Gasteiger partial charge on any atom is -0.299 e. The third-order valence-electron chi connectivity index (χ3n) is 10.5. The minimum absolute atomic E-state index is 0.313. The van der Waals surface area contributed by atoms with Gasteiger partial charge in [0, 0.05) is 12.8 Å². The summed E-state index contributed by atoms with van der Waals surface area (Å²) in [5, 5.41) is 0. The van der Waals surface area contributed by atoms with Crippen molar-refractivity contribution in [3.05, 3.63) is 11.6 Å². The highest BCUT2D eigenvalue weighted by Gasteiger charge is 2.60. The molecule has 4 rings (SSSR count). The standard InChI is InChI=1S/C28H46O/c1-18(2)8-7-9-19(3)23-10-11-24-26-20(4)16-21-17-22(29)12-14-27(21,5)25(26)13-15-28(23,24)6/h16,18-20,23-26H,7-15,17H2,1-6H3/t19-,20?,23-,24+,25+,26+,27+,28-/m1/s1. The third-order valence-corrected chi connectivity index (χ3v) is 10.5. The number of Topliss-reactive ketones (excluding diaryl/α,β-unsaturated/α-hetero) is 1. The van der Waals surface area contributed by atoms with Crippen LogP contribution < -0.4 is 0 Å². The lowest BCUT2D eigenvalue weighted by Gasteiger charge is -2.59. The lowest BCUT2D eigenvalue weighted by molar-refractivity contribution is -0.123. The van der Waals surface area contributed by atoms with Crippen molar-refractivity contribution in [3.63, 3.8) is 0 Å². The quantitative estimate of drug-likeness (QED) is 0.431. The van der Waals surface area contributed by atoms with Crippen LogP contribution in [0.4, 0.5) is 0 Å². The molecule has 164 valence electrons. The maximum absolute atomic E-state index is 12.2. The number of carbonyl (C=O) groups excluding carboxylic acids is 1. The maximum atomic E-state index is 12.2. The lowest BCUT2D eigenvalue weighted by Crippen LogP contribution is -2.52. The number of hydrogen-bond acceptors (Lipinski definition) is 1. The van der Waals surface area contributed by atoms with Gasteiger partial charge in [0.1, 0.15) is 5.78 Å². The van der Waals surface area contributed by atoms with Gasteiger partial charge in [-0.25, -0.2) is 0 Å². The van der Waals surface area contributed by atoms with E-state index in [1.165, 1.54) is 50.5 Å². The van der Waals surface area contributed by atoms with Gasteiger partial charge in [-0.1, -0.05) is 72.5 Å². The first-order valence-electron chi connectivity index (χ1n) is 12.9. The minimum atomic E-state index is 0.313. The van der Waals surface area contributed by atoms with Crippen LogP contribution in [0.25, 0.3) is 0 Å². The summed E-state index contributed by atoms with van der Waals surface area (Å²) < 4.78 is 0. The van der Waals surface area contributed by atoms with E-state index in [0.717, 1.165) is 54.8 Å². The number of allylic oxidation sites excluding steroid dienone is 2. The van der Waals surface area contributed by atoms with Gasteiger partial charge >= 0.3 is 0 Å². The van der Waals surface area contributed by atoms with Crippen LogP contribution in [0.15, 0.2) is 11.6 Å². The van der Waals surface area contributed by atoms with Crippen LogP contribution in [0.2, 0.25) is 0 Å². The molecule has 1 heteroatoms. The molecule has 0 amide bonds. The first-order valence-corrected chi connectivity index (χ1v) is 12.9. The SMILES string of the molecule is CC(C)CCC[C@@H](C)[C@H]1CC[C@H]2[C@@H]3C(C)C=C4CC(=O)CC[C@]4(C)[C@H]3CC[C@]12C. The van der Waals surface area contributed by atoms with Crippen molar-refractivity contribution in [2.45, 2.75) is 106 Å². The fraction of sp³-hybridized carbons (Fsp3) is 0.893. The molecule has 29 heavy (non-hydrogen) atoms. The zero-order chi connectivity index (χ0) is 21.0. The molecule has 0 aromatic heterocycles. The summed E-state index contributed by atoms with van der Waals surface area (Å²) in [4.78, 5) is 12.2. The van der Waals surface area contributed by atoms with Crippen LogP contribution in [-0.4, -0.2) is 5.78 Å². The smallest absolute Gasteiger partial charge is 0.136 e. The topological polar surface area (TPSA) is 17.1 Å². The van der Waals surface area contributed by atoms with E-state index in [0.29, 0.717) is 22.5 Å². The molecule has 0 heterocycles. The van der Waals surface area contributed by atoms with Gasteiger partial charge in [0.25, 0.3) is 0 Å². The number of hydrogen-bond donors (Lipinski definition) is 0. The fourth-order valence-corrected chi connectivity index (χ4v) is 8.86. The van der Waals surface area contributed by atoms with Crippen LogP contribution in [0, 0.1) is 52.3 Å². The van der Waals surface area contributed by atoms with Gasteiger partial charge in [0.15, 0.2) is 0 Å². The molecule has 0 spiro atoms. The summed E-state index contributed by atoms with van der Waals surface area (Å²) in [5.74, 6) is 6.37. The van der Waals surface area contributed by atoms with E-state index in [1.54, 1.807) is 0 Å². The van der Waals surface area contributed by atoms with E-state index in [1.807, 2.05) is 0 Å². The Morgan fingerprint density at radius 1 is 1.03 bits per heavy atom. The van der Waals surface area contributed by atoms with E-state index in [4.69, 9.17) is 0 Å². The second-order valence-corrected chi connectivity index (χ2v) is 12.5. The highest BCUT2D eigenvalue weighted by Crippen LogP contribution is 2.68. The van der Waals surface area contributed by atoms with Gasteiger partial charge in [0.2, 0.25) is 0 Å². The van der Waals surface area contributed by atoms with Crippen molar-refractivity contribution in [3.8, 4) is 0 Å². The second-order valence-electron chi connectivity index (χ2n) is 12.5. The third kappa shape index (κ3) is 3.57. The zero-order valence-corrected chi connectivity index (χ0v) is 20.1. The predicted molar refractivity (Wildman–Crippen MR) is 123 cm³/mol. The van der Waals surface area contributed by atoms with E-state index < -0.39 is 0 Å². The van der Waals surface area contributed by atoms with E-state index in [-0.39, 0.29) is 0 Å². The number of carbonyl (C=O) groups is 1. The van der Waals surface area contributed by atoms with Gasteiger partial charge in [-0.15, -0.1) is 0 Å². The first kappa shape index (κ1) is 21.6. The number of fused-ring (bicyclic) bond motifs is 5. The normalized spacial score (nSPS) is 45.4. The summed E-state index contributed by atoms with van der Waals surface area (Å²) in [6.07, 6.45) is 15.3.